The molecule has 0 spiro atoms. The summed E-state index contributed by atoms with van der Waals surface area (Å²) in [5.74, 6) is 0.959. The van der Waals surface area contributed by atoms with Gasteiger partial charge >= 0.3 is 0 Å². The van der Waals surface area contributed by atoms with E-state index in [9.17, 15) is 0 Å². The molecule has 0 saturated heterocycles. The minimum atomic E-state index is -0.363. The van der Waals surface area contributed by atoms with E-state index in [-0.39, 0.29) is 6.04 Å². The first-order chi connectivity index (χ1) is 8.61. The van der Waals surface area contributed by atoms with Gasteiger partial charge in [-0.1, -0.05) is 22.9 Å². The average Bonchev–Trinajstić information content (AvgIpc) is 2.78. The Balaban J connectivity index is 2.29. The minimum absolute atomic E-state index is 0.363. The SMILES string of the molecule is COCC(N)c1noc(-c2ccc(C)cc2C)n1. The van der Waals surface area contributed by atoms with Gasteiger partial charge in [0.15, 0.2) is 5.82 Å². The number of hydrogen-bond acceptors (Lipinski definition) is 5. The van der Waals surface area contributed by atoms with Gasteiger partial charge in [-0.25, -0.2) is 0 Å². The first-order valence-corrected chi connectivity index (χ1v) is 5.77. The molecule has 2 aromatic rings. The normalized spacial score (nSPS) is 12.7. The summed E-state index contributed by atoms with van der Waals surface area (Å²) in [6, 6.07) is 5.71. The van der Waals surface area contributed by atoms with Crippen molar-refractivity contribution in [2.45, 2.75) is 19.9 Å². The second-order valence-corrected chi connectivity index (χ2v) is 4.34. The van der Waals surface area contributed by atoms with E-state index in [0.717, 1.165) is 11.1 Å². The standard InChI is InChI=1S/C13H17N3O2/c1-8-4-5-10(9(2)6-8)13-15-12(16-18-13)11(14)7-17-3/h4-6,11H,7,14H2,1-3H3. The van der Waals surface area contributed by atoms with Crippen molar-refractivity contribution in [3.63, 3.8) is 0 Å². The van der Waals surface area contributed by atoms with E-state index in [1.807, 2.05) is 26.0 Å². The van der Waals surface area contributed by atoms with Gasteiger partial charge < -0.3 is 15.0 Å². The van der Waals surface area contributed by atoms with Crippen LogP contribution in [-0.4, -0.2) is 23.9 Å². The van der Waals surface area contributed by atoms with Crippen LogP contribution in [0.2, 0.25) is 0 Å². The van der Waals surface area contributed by atoms with E-state index < -0.39 is 0 Å². The van der Waals surface area contributed by atoms with Gasteiger partial charge in [-0.3, -0.25) is 0 Å². The van der Waals surface area contributed by atoms with Crippen molar-refractivity contribution in [1.29, 1.82) is 0 Å². The van der Waals surface area contributed by atoms with Crippen LogP contribution in [-0.2, 0) is 4.74 Å². The fourth-order valence-electron chi connectivity index (χ4n) is 1.80. The maximum absolute atomic E-state index is 5.85. The van der Waals surface area contributed by atoms with Crippen molar-refractivity contribution in [3.05, 3.63) is 35.2 Å². The lowest BCUT2D eigenvalue weighted by Crippen LogP contribution is -2.17. The van der Waals surface area contributed by atoms with Crippen LogP contribution >= 0.6 is 0 Å². The Morgan fingerprint density at radius 3 is 2.83 bits per heavy atom. The molecule has 1 aromatic carbocycles. The first kappa shape index (κ1) is 12.7. The number of rotatable bonds is 4. The third-order valence-electron chi connectivity index (χ3n) is 2.73. The van der Waals surface area contributed by atoms with Gasteiger partial charge in [0.1, 0.15) is 0 Å². The molecular weight excluding hydrogens is 230 g/mol. The summed E-state index contributed by atoms with van der Waals surface area (Å²) in [5.41, 5.74) is 9.09. The van der Waals surface area contributed by atoms with Crippen molar-refractivity contribution in [1.82, 2.24) is 10.1 Å². The van der Waals surface area contributed by atoms with Gasteiger partial charge in [0, 0.05) is 12.7 Å². The van der Waals surface area contributed by atoms with Crippen LogP contribution in [0.15, 0.2) is 22.7 Å². The molecule has 0 fully saturated rings. The lowest BCUT2D eigenvalue weighted by molar-refractivity contribution is 0.177. The lowest BCUT2D eigenvalue weighted by Gasteiger charge is -2.03. The summed E-state index contributed by atoms with van der Waals surface area (Å²) in [6.45, 7) is 4.43. The minimum Gasteiger partial charge on any atom is -0.383 e. The molecule has 1 unspecified atom stereocenters. The Labute approximate surface area is 106 Å². The second kappa shape index (κ2) is 5.29. The maximum atomic E-state index is 5.85. The summed E-state index contributed by atoms with van der Waals surface area (Å²) in [6.07, 6.45) is 0. The predicted molar refractivity (Wildman–Crippen MR) is 68.0 cm³/mol. The molecule has 1 aromatic heterocycles. The van der Waals surface area contributed by atoms with Gasteiger partial charge in [0.2, 0.25) is 0 Å². The topological polar surface area (TPSA) is 74.2 Å². The number of methoxy groups -OCH3 is 1. The number of aryl methyl sites for hydroxylation is 2. The van der Waals surface area contributed by atoms with Gasteiger partial charge in [0.05, 0.1) is 12.6 Å². The quantitative estimate of drug-likeness (QED) is 0.894. The molecule has 0 aliphatic rings. The molecule has 1 atom stereocenters. The highest BCUT2D eigenvalue weighted by molar-refractivity contribution is 5.58. The molecule has 0 aliphatic carbocycles. The molecule has 1 heterocycles. The van der Waals surface area contributed by atoms with E-state index >= 15 is 0 Å². The summed E-state index contributed by atoms with van der Waals surface area (Å²) in [4.78, 5) is 4.31. The first-order valence-electron chi connectivity index (χ1n) is 5.77. The zero-order valence-electron chi connectivity index (χ0n) is 10.8. The van der Waals surface area contributed by atoms with E-state index in [2.05, 4.69) is 16.2 Å². The van der Waals surface area contributed by atoms with Crippen molar-refractivity contribution in [2.75, 3.05) is 13.7 Å². The summed E-state index contributed by atoms with van der Waals surface area (Å²) < 4.78 is 10.2. The Kier molecular flexibility index (Phi) is 3.74. The number of hydrogen-bond donors (Lipinski definition) is 1. The third kappa shape index (κ3) is 2.57. The van der Waals surface area contributed by atoms with Crippen LogP contribution in [0.1, 0.15) is 23.0 Å². The van der Waals surface area contributed by atoms with Crippen molar-refractivity contribution < 1.29 is 9.26 Å². The fraction of sp³-hybridized carbons (Fsp3) is 0.385. The highest BCUT2D eigenvalue weighted by atomic mass is 16.5. The Morgan fingerprint density at radius 2 is 2.17 bits per heavy atom. The van der Waals surface area contributed by atoms with Crippen LogP contribution in [0.4, 0.5) is 0 Å². The summed E-state index contributed by atoms with van der Waals surface area (Å²) in [7, 11) is 1.59. The smallest absolute Gasteiger partial charge is 0.258 e. The molecule has 18 heavy (non-hydrogen) atoms. The summed E-state index contributed by atoms with van der Waals surface area (Å²) in [5, 5.41) is 3.88. The number of aromatic nitrogens is 2. The van der Waals surface area contributed by atoms with Gasteiger partial charge in [-0.05, 0) is 25.5 Å². The second-order valence-electron chi connectivity index (χ2n) is 4.34. The number of ether oxygens (including phenoxy) is 1. The molecule has 0 bridgehead atoms. The Hall–Kier alpha value is -1.72. The average molecular weight is 247 g/mol. The molecule has 2 rings (SSSR count). The molecule has 0 radical (unpaired) electrons. The molecule has 5 nitrogen and oxygen atoms in total. The fourth-order valence-corrected chi connectivity index (χ4v) is 1.80. The summed E-state index contributed by atoms with van der Waals surface area (Å²) >= 11 is 0. The lowest BCUT2D eigenvalue weighted by atomic mass is 10.1. The van der Waals surface area contributed by atoms with Crippen LogP contribution in [0, 0.1) is 13.8 Å². The van der Waals surface area contributed by atoms with Crippen molar-refractivity contribution in [3.8, 4) is 11.5 Å². The van der Waals surface area contributed by atoms with Crippen LogP contribution in [0.25, 0.3) is 11.5 Å². The Bertz CT molecular complexity index is 537. The molecule has 96 valence electrons. The molecule has 5 heteroatoms. The number of nitrogens with zero attached hydrogens (tertiary/aromatic N) is 2. The van der Waals surface area contributed by atoms with Gasteiger partial charge in [-0.2, -0.15) is 4.98 Å². The van der Waals surface area contributed by atoms with Crippen LogP contribution in [0.5, 0.6) is 0 Å². The number of benzene rings is 1. The maximum Gasteiger partial charge on any atom is 0.258 e. The van der Waals surface area contributed by atoms with E-state index in [1.165, 1.54) is 5.56 Å². The van der Waals surface area contributed by atoms with Crippen molar-refractivity contribution in [2.24, 2.45) is 5.73 Å². The Morgan fingerprint density at radius 1 is 1.39 bits per heavy atom. The largest absolute Gasteiger partial charge is 0.383 e. The zero-order chi connectivity index (χ0) is 13.1. The molecule has 0 saturated carbocycles. The number of nitrogens with two attached hydrogens (primary N) is 1. The van der Waals surface area contributed by atoms with E-state index in [0.29, 0.717) is 18.3 Å². The van der Waals surface area contributed by atoms with Crippen LogP contribution in [0.3, 0.4) is 0 Å². The highest BCUT2D eigenvalue weighted by Crippen LogP contribution is 2.23. The van der Waals surface area contributed by atoms with Gasteiger partial charge in [-0.15, -0.1) is 0 Å². The molecule has 2 N–H and O–H groups in total. The zero-order valence-corrected chi connectivity index (χ0v) is 10.8. The molecule has 0 aliphatic heterocycles. The van der Waals surface area contributed by atoms with E-state index in [1.54, 1.807) is 7.11 Å². The van der Waals surface area contributed by atoms with E-state index in [4.69, 9.17) is 15.0 Å². The van der Waals surface area contributed by atoms with Crippen molar-refractivity contribution >= 4 is 0 Å². The molecular formula is C13H17N3O2. The van der Waals surface area contributed by atoms with Crippen LogP contribution < -0.4 is 5.73 Å². The third-order valence-corrected chi connectivity index (χ3v) is 2.73. The van der Waals surface area contributed by atoms with Gasteiger partial charge in [0.25, 0.3) is 5.89 Å². The highest BCUT2D eigenvalue weighted by Gasteiger charge is 2.16. The predicted octanol–water partition coefficient (Wildman–Crippen LogP) is 2.00. The molecule has 0 amide bonds. The monoisotopic (exact) mass is 247 g/mol.